The summed E-state index contributed by atoms with van der Waals surface area (Å²) in [5.41, 5.74) is 3.92. The molecule has 0 aromatic heterocycles. The molecule has 0 bridgehead atoms. The Bertz CT molecular complexity index is 374. The van der Waals surface area contributed by atoms with Crippen LogP contribution in [-0.2, 0) is 0 Å². The van der Waals surface area contributed by atoms with E-state index in [1.165, 1.54) is 16.7 Å². The molecule has 0 radical (unpaired) electrons. The van der Waals surface area contributed by atoms with Crippen molar-refractivity contribution in [1.82, 2.24) is 5.32 Å². The van der Waals surface area contributed by atoms with Crippen molar-refractivity contribution >= 4 is 6.08 Å². The number of benzene rings is 1. The Balaban J connectivity index is 2.32. The molecule has 15 heavy (non-hydrogen) atoms. The van der Waals surface area contributed by atoms with E-state index in [0.717, 1.165) is 25.3 Å². The molecule has 1 heterocycles. The van der Waals surface area contributed by atoms with Gasteiger partial charge in [-0.15, -0.1) is 0 Å². The van der Waals surface area contributed by atoms with Crippen LogP contribution < -0.4 is 10.1 Å². The molecule has 1 aromatic rings. The van der Waals surface area contributed by atoms with Crippen LogP contribution >= 0.6 is 0 Å². The summed E-state index contributed by atoms with van der Waals surface area (Å²) >= 11 is 0. The summed E-state index contributed by atoms with van der Waals surface area (Å²) in [4.78, 5) is 0. The summed E-state index contributed by atoms with van der Waals surface area (Å²) < 4.78 is 5.35. The fourth-order valence-corrected chi connectivity index (χ4v) is 1.90. The van der Waals surface area contributed by atoms with Crippen LogP contribution in [0.3, 0.4) is 0 Å². The quantitative estimate of drug-likeness (QED) is 0.796. The number of hydrogen-bond donors (Lipinski definition) is 1. The molecule has 1 saturated heterocycles. The maximum atomic E-state index is 5.35. The number of hydrogen-bond acceptors (Lipinski definition) is 2. The summed E-state index contributed by atoms with van der Waals surface area (Å²) in [6.45, 7) is 4.21. The first-order chi connectivity index (χ1) is 7.29. The molecule has 1 fully saturated rings. The smallest absolute Gasteiger partial charge is 0.126 e. The lowest BCUT2D eigenvalue weighted by Crippen LogP contribution is -2.04. The SMILES string of the molecule is COc1ccc(C)cc1C=C1CCNC1. The van der Waals surface area contributed by atoms with Gasteiger partial charge in [0, 0.05) is 12.1 Å². The highest BCUT2D eigenvalue weighted by Crippen LogP contribution is 2.23. The molecule has 0 amide bonds. The lowest BCUT2D eigenvalue weighted by atomic mass is 10.1. The maximum Gasteiger partial charge on any atom is 0.126 e. The van der Waals surface area contributed by atoms with Gasteiger partial charge in [0.1, 0.15) is 5.75 Å². The van der Waals surface area contributed by atoms with Crippen molar-refractivity contribution in [2.24, 2.45) is 0 Å². The third kappa shape index (κ3) is 2.39. The van der Waals surface area contributed by atoms with E-state index in [2.05, 4.69) is 30.4 Å². The highest BCUT2D eigenvalue weighted by Gasteiger charge is 2.07. The van der Waals surface area contributed by atoms with Crippen LogP contribution in [0.15, 0.2) is 23.8 Å². The number of methoxy groups -OCH3 is 1. The fraction of sp³-hybridized carbons (Fsp3) is 0.385. The van der Waals surface area contributed by atoms with Crippen molar-refractivity contribution in [2.75, 3.05) is 20.2 Å². The van der Waals surface area contributed by atoms with Gasteiger partial charge in [-0.05, 0) is 32.0 Å². The molecule has 0 unspecified atom stereocenters. The van der Waals surface area contributed by atoms with Crippen LogP contribution in [0.2, 0.25) is 0 Å². The Kier molecular flexibility index (Phi) is 3.07. The van der Waals surface area contributed by atoms with Crippen LogP contribution in [-0.4, -0.2) is 20.2 Å². The van der Waals surface area contributed by atoms with Crippen molar-refractivity contribution in [3.8, 4) is 5.75 Å². The van der Waals surface area contributed by atoms with Crippen molar-refractivity contribution < 1.29 is 4.74 Å². The molecule has 1 N–H and O–H groups in total. The molecule has 2 nitrogen and oxygen atoms in total. The van der Waals surface area contributed by atoms with Gasteiger partial charge in [-0.3, -0.25) is 0 Å². The maximum absolute atomic E-state index is 5.35. The number of aryl methyl sites for hydroxylation is 1. The zero-order chi connectivity index (χ0) is 10.7. The van der Waals surface area contributed by atoms with E-state index in [9.17, 15) is 0 Å². The second-order valence-electron chi connectivity index (χ2n) is 3.97. The number of ether oxygens (including phenoxy) is 1. The molecule has 0 atom stereocenters. The first-order valence-electron chi connectivity index (χ1n) is 5.34. The summed E-state index contributed by atoms with van der Waals surface area (Å²) in [7, 11) is 1.72. The largest absolute Gasteiger partial charge is 0.496 e. The zero-order valence-electron chi connectivity index (χ0n) is 9.34. The van der Waals surface area contributed by atoms with Gasteiger partial charge < -0.3 is 10.1 Å². The van der Waals surface area contributed by atoms with Crippen molar-refractivity contribution in [2.45, 2.75) is 13.3 Å². The molecule has 2 rings (SSSR count). The zero-order valence-corrected chi connectivity index (χ0v) is 9.34. The monoisotopic (exact) mass is 203 g/mol. The molecule has 1 aliphatic heterocycles. The average Bonchev–Trinajstić information content (AvgIpc) is 2.71. The molecule has 1 aromatic carbocycles. The Morgan fingerprint density at radius 1 is 1.40 bits per heavy atom. The standard InChI is InChI=1S/C13H17NO/c1-10-3-4-13(15-2)12(7-10)8-11-5-6-14-9-11/h3-4,7-8,14H,5-6,9H2,1-2H3. The molecule has 1 aliphatic rings. The molecule has 0 spiro atoms. The van der Waals surface area contributed by atoms with Gasteiger partial charge in [-0.1, -0.05) is 23.3 Å². The molecule has 0 aliphatic carbocycles. The highest BCUT2D eigenvalue weighted by molar-refractivity contribution is 5.61. The van der Waals surface area contributed by atoms with Crippen LogP contribution in [0.5, 0.6) is 5.75 Å². The number of nitrogens with one attached hydrogen (secondary N) is 1. The predicted molar refractivity (Wildman–Crippen MR) is 63.2 cm³/mol. The predicted octanol–water partition coefficient (Wildman–Crippen LogP) is 2.38. The Labute approximate surface area is 91.0 Å². The fourth-order valence-electron chi connectivity index (χ4n) is 1.90. The minimum absolute atomic E-state index is 0.958. The van der Waals surface area contributed by atoms with E-state index in [1.54, 1.807) is 7.11 Å². The average molecular weight is 203 g/mol. The molecular formula is C13H17NO. The topological polar surface area (TPSA) is 21.3 Å². The van der Waals surface area contributed by atoms with Gasteiger partial charge in [0.2, 0.25) is 0 Å². The van der Waals surface area contributed by atoms with Crippen LogP contribution in [0.25, 0.3) is 6.08 Å². The second kappa shape index (κ2) is 4.49. The van der Waals surface area contributed by atoms with Gasteiger partial charge in [0.25, 0.3) is 0 Å². The first kappa shape index (κ1) is 10.2. The third-order valence-electron chi connectivity index (χ3n) is 2.72. The van der Waals surface area contributed by atoms with Crippen molar-refractivity contribution in [1.29, 1.82) is 0 Å². The van der Waals surface area contributed by atoms with Gasteiger partial charge in [-0.2, -0.15) is 0 Å². The van der Waals surface area contributed by atoms with Gasteiger partial charge in [0.15, 0.2) is 0 Å². The van der Waals surface area contributed by atoms with E-state index in [4.69, 9.17) is 4.74 Å². The summed E-state index contributed by atoms with van der Waals surface area (Å²) in [6.07, 6.45) is 3.39. The van der Waals surface area contributed by atoms with Crippen molar-refractivity contribution in [3.05, 3.63) is 34.9 Å². The van der Waals surface area contributed by atoms with Crippen LogP contribution in [0.1, 0.15) is 17.5 Å². The van der Waals surface area contributed by atoms with E-state index < -0.39 is 0 Å². The molecule has 0 saturated carbocycles. The normalized spacial score (nSPS) is 18.4. The first-order valence-corrected chi connectivity index (χ1v) is 5.34. The summed E-state index contributed by atoms with van der Waals surface area (Å²) in [6, 6.07) is 6.28. The van der Waals surface area contributed by atoms with Crippen molar-refractivity contribution in [3.63, 3.8) is 0 Å². The minimum atomic E-state index is 0.958. The van der Waals surface area contributed by atoms with Gasteiger partial charge >= 0.3 is 0 Å². The van der Waals surface area contributed by atoms with Crippen LogP contribution in [0, 0.1) is 6.92 Å². The van der Waals surface area contributed by atoms with E-state index in [-0.39, 0.29) is 0 Å². The highest BCUT2D eigenvalue weighted by atomic mass is 16.5. The lowest BCUT2D eigenvalue weighted by Gasteiger charge is -2.06. The van der Waals surface area contributed by atoms with Gasteiger partial charge in [0.05, 0.1) is 7.11 Å². The molecule has 2 heteroatoms. The molecular weight excluding hydrogens is 186 g/mol. The van der Waals surface area contributed by atoms with E-state index in [1.807, 2.05) is 6.07 Å². The molecule has 80 valence electrons. The summed E-state index contributed by atoms with van der Waals surface area (Å²) in [5.74, 6) is 0.958. The lowest BCUT2D eigenvalue weighted by molar-refractivity contribution is 0.413. The van der Waals surface area contributed by atoms with Crippen LogP contribution in [0.4, 0.5) is 0 Å². The Morgan fingerprint density at radius 3 is 2.93 bits per heavy atom. The minimum Gasteiger partial charge on any atom is -0.496 e. The Morgan fingerprint density at radius 2 is 2.27 bits per heavy atom. The van der Waals surface area contributed by atoms with E-state index in [0.29, 0.717) is 0 Å². The van der Waals surface area contributed by atoms with Gasteiger partial charge in [-0.25, -0.2) is 0 Å². The summed E-state index contributed by atoms with van der Waals surface area (Å²) in [5, 5.41) is 3.34. The second-order valence-corrected chi connectivity index (χ2v) is 3.97. The Hall–Kier alpha value is -1.28. The van der Waals surface area contributed by atoms with E-state index >= 15 is 0 Å². The third-order valence-corrected chi connectivity index (χ3v) is 2.72. The number of rotatable bonds is 2.